The van der Waals surface area contributed by atoms with Crippen LogP contribution in [0, 0.1) is 18.3 Å². The van der Waals surface area contributed by atoms with Crippen LogP contribution in [-0.4, -0.2) is 36.2 Å². The van der Waals surface area contributed by atoms with E-state index in [0.29, 0.717) is 28.1 Å². The number of nitrogens with one attached hydrogen (secondary N) is 1. The molecule has 174 valence electrons. The third kappa shape index (κ3) is 4.35. The van der Waals surface area contributed by atoms with Crippen molar-refractivity contribution < 1.29 is 18.7 Å². The Bertz CT molecular complexity index is 1300. The van der Waals surface area contributed by atoms with Crippen molar-refractivity contribution in [3.8, 4) is 23.1 Å². The lowest BCUT2D eigenvalue weighted by molar-refractivity contribution is -0.136. The quantitative estimate of drug-likeness (QED) is 0.572. The van der Waals surface area contributed by atoms with Crippen LogP contribution in [0.25, 0.3) is 11.1 Å². The van der Waals surface area contributed by atoms with Gasteiger partial charge in [0.05, 0.1) is 43.1 Å². The Kier molecular flexibility index (Phi) is 6.07. The Morgan fingerprint density at radius 1 is 1.24 bits per heavy atom. The number of anilines is 1. The highest BCUT2D eigenvalue weighted by atomic mass is 19.1. The fourth-order valence-electron chi connectivity index (χ4n) is 3.70. The van der Waals surface area contributed by atoms with Gasteiger partial charge in [-0.1, -0.05) is 6.07 Å². The second-order valence-corrected chi connectivity index (χ2v) is 8.89. The minimum Gasteiger partial charge on any atom is -0.481 e. The van der Waals surface area contributed by atoms with Crippen molar-refractivity contribution in [1.29, 1.82) is 5.26 Å². The lowest BCUT2D eigenvalue weighted by Gasteiger charge is -2.34. The second kappa shape index (κ2) is 8.84. The molecule has 3 heterocycles. The van der Waals surface area contributed by atoms with Crippen LogP contribution in [0.2, 0.25) is 0 Å². The zero-order chi connectivity index (χ0) is 24.5. The number of halogens is 1. The van der Waals surface area contributed by atoms with Crippen LogP contribution in [0.15, 0.2) is 48.8 Å². The topological polar surface area (TPSA) is 97.1 Å². The van der Waals surface area contributed by atoms with Crippen LogP contribution in [0.5, 0.6) is 5.88 Å². The molecule has 0 aliphatic carbocycles. The van der Waals surface area contributed by atoms with Crippen LogP contribution in [0.4, 0.5) is 10.1 Å². The first kappa shape index (κ1) is 23.3. The van der Waals surface area contributed by atoms with Crippen molar-refractivity contribution in [3.05, 3.63) is 71.2 Å². The molecule has 0 radical (unpaired) electrons. The highest BCUT2D eigenvalue weighted by Crippen LogP contribution is 2.40. The van der Waals surface area contributed by atoms with Gasteiger partial charge >= 0.3 is 0 Å². The number of alkyl halides is 1. The summed E-state index contributed by atoms with van der Waals surface area (Å²) in [6.07, 6.45) is 3.14. The van der Waals surface area contributed by atoms with E-state index in [9.17, 15) is 10.1 Å². The van der Waals surface area contributed by atoms with Crippen LogP contribution < -0.4 is 10.1 Å². The molecular weight excluding hydrogens is 435 g/mol. The van der Waals surface area contributed by atoms with Crippen LogP contribution in [0.3, 0.4) is 0 Å². The molecule has 1 amide bonds. The number of aromatic nitrogens is 2. The first-order chi connectivity index (χ1) is 16.2. The van der Waals surface area contributed by atoms with Gasteiger partial charge in [0.15, 0.2) is 5.67 Å². The highest BCUT2D eigenvalue weighted by molar-refractivity contribution is 6.04. The lowest BCUT2D eigenvalue weighted by Crippen LogP contribution is -2.43. The Labute approximate surface area is 197 Å². The number of benzene rings is 1. The van der Waals surface area contributed by atoms with Crippen molar-refractivity contribution in [2.75, 3.05) is 25.6 Å². The predicted molar refractivity (Wildman–Crippen MR) is 125 cm³/mol. The van der Waals surface area contributed by atoms with E-state index in [1.54, 1.807) is 44.3 Å². The maximum absolute atomic E-state index is 15.1. The molecule has 1 aliphatic heterocycles. The number of hydrogen-bond acceptors (Lipinski definition) is 6. The summed E-state index contributed by atoms with van der Waals surface area (Å²) in [5, 5.41) is 12.3. The lowest BCUT2D eigenvalue weighted by atomic mass is 9.90. The Morgan fingerprint density at radius 3 is 2.65 bits per heavy atom. The molecule has 3 aromatic rings. The van der Waals surface area contributed by atoms with E-state index >= 15 is 4.39 Å². The summed E-state index contributed by atoms with van der Waals surface area (Å²) in [4.78, 5) is 21.5. The molecular formula is C26H25FN4O3. The molecule has 1 saturated heterocycles. The third-order valence-electron chi connectivity index (χ3n) is 5.94. The maximum atomic E-state index is 15.1. The monoisotopic (exact) mass is 460 g/mol. The van der Waals surface area contributed by atoms with E-state index in [1.165, 1.54) is 13.3 Å². The number of rotatable bonds is 6. The Hall–Kier alpha value is -3.83. The Balaban J connectivity index is 1.64. The van der Waals surface area contributed by atoms with E-state index in [4.69, 9.17) is 9.47 Å². The van der Waals surface area contributed by atoms with Crippen molar-refractivity contribution in [2.45, 2.75) is 31.9 Å². The molecule has 0 spiro atoms. The summed E-state index contributed by atoms with van der Waals surface area (Å²) < 4.78 is 25.5. The minimum atomic E-state index is -1.63. The number of ether oxygens (including phenoxy) is 2. The molecule has 34 heavy (non-hydrogen) atoms. The van der Waals surface area contributed by atoms with Crippen molar-refractivity contribution in [2.24, 2.45) is 0 Å². The van der Waals surface area contributed by atoms with Gasteiger partial charge in [0.1, 0.15) is 0 Å². The number of nitrogens with zero attached hydrogens (tertiary/aromatic N) is 3. The molecule has 1 N–H and O–H groups in total. The minimum absolute atomic E-state index is 0.0416. The van der Waals surface area contributed by atoms with Gasteiger partial charge in [-0.3, -0.25) is 9.78 Å². The number of pyridine rings is 2. The molecule has 0 unspecified atom stereocenters. The molecule has 7 nitrogen and oxygen atoms in total. The van der Waals surface area contributed by atoms with Crippen LogP contribution in [-0.2, 0) is 15.8 Å². The average molecular weight is 461 g/mol. The molecule has 1 aliphatic rings. The predicted octanol–water partition coefficient (Wildman–Crippen LogP) is 4.71. The summed E-state index contributed by atoms with van der Waals surface area (Å²) >= 11 is 0. The molecule has 2 aromatic heterocycles. The molecule has 0 saturated carbocycles. The first-order valence-electron chi connectivity index (χ1n) is 10.8. The van der Waals surface area contributed by atoms with E-state index < -0.39 is 11.1 Å². The normalized spacial score (nSPS) is 14.6. The molecule has 1 fully saturated rings. The highest BCUT2D eigenvalue weighted by Gasteiger charge is 2.43. The average Bonchev–Trinajstić information content (AvgIpc) is 2.83. The van der Waals surface area contributed by atoms with Gasteiger partial charge < -0.3 is 14.8 Å². The Morgan fingerprint density at radius 2 is 2.00 bits per heavy atom. The third-order valence-corrected chi connectivity index (χ3v) is 5.94. The number of carbonyl (C=O) groups is 1. The van der Waals surface area contributed by atoms with Gasteiger partial charge in [0.25, 0.3) is 5.91 Å². The molecule has 0 bridgehead atoms. The van der Waals surface area contributed by atoms with Crippen LogP contribution >= 0.6 is 0 Å². The van der Waals surface area contributed by atoms with E-state index in [-0.39, 0.29) is 25.0 Å². The van der Waals surface area contributed by atoms with Gasteiger partial charge in [-0.25, -0.2) is 9.37 Å². The fraction of sp³-hybridized carbons (Fsp3) is 0.308. The fourth-order valence-corrected chi connectivity index (χ4v) is 3.70. The zero-order valence-electron chi connectivity index (χ0n) is 19.5. The van der Waals surface area contributed by atoms with Crippen molar-refractivity contribution in [1.82, 2.24) is 9.97 Å². The molecule has 8 heteroatoms. The van der Waals surface area contributed by atoms with E-state index in [1.807, 2.05) is 19.1 Å². The van der Waals surface area contributed by atoms with Gasteiger partial charge in [0.2, 0.25) is 5.88 Å². The van der Waals surface area contributed by atoms with Gasteiger partial charge in [-0.05, 0) is 62.2 Å². The van der Waals surface area contributed by atoms with E-state index in [0.717, 1.165) is 11.1 Å². The first-order valence-corrected chi connectivity index (χ1v) is 10.8. The molecule has 1 aromatic carbocycles. The van der Waals surface area contributed by atoms with Gasteiger partial charge in [-0.2, -0.15) is 5.26 Å². The van der Waals surface area contributed by atoms with Crippen LogP contribution in [0.1, 0.15) is 41.0 Å². The second-order valence-electron chi connectivity index (χ2n) is 8.89. The van der Waals surface area contributed by atoms with E-state index in [2.05, 4.69) is 21.4 Å². The standard InChI is InChI=1S/C26H25FN4O3/c1-16-5-6-19(31-23(32)17-7-8-29-22(10-17)25(2,3)13-28)11-20(16)18-9-21(24(33-4)30-12-18)26(27)14-34-15-26/h5-12H,14-15H2,1-4H3,(H,31,32). The number of hydrogen-bond donors (Lipinski definition) is 1. The summed E-state index contributed by atoms with van der Waals surface area (Å²) in [7, 11) is 1.46. The number of aryl methyl sites for hydroxylation is 1. The van der Waals surface area contributed by atoms with Gasteiger partial charge in [0, 0.05) is 29.2 Å². The largest absolute Gasteiger partial charge is 0.481 e. The number of carbonyl (C=O) groups excluding carboxylic acids is 1. The molecule has 4 rings (SSSR count). The maximum Gasteiger partial charge on any atom is 0.255 e. The zero-order valence-corrected chi connectivity index (χ0v) is 19.5. The van der Waals surface area contributed by atoms with Crippen molar-refractivity contribution in [3.63, 3.8) is 0 Å². The van der Waals surface area contributed by atoms with Gasteiger partial charge in [-0.15, -0.1) is 0 Å². The summed E-state index contributed by atoms with van der Waals surface area (Å²) in [5.41, 5.74) is 1.83. The smallest absolute Gasteiger partial charge is 0.255 e. The number of nitriles is 1. The SMILES string of the molecule is COc1ncc(-c2cc(NC(=O)c3ccnc(C(C)(C)C#N)c3)ccc2C)cc1C1(F)COC1. The molecule has 0 atom stereocenters. The number of amides is 1. The summed E-state index contributed by atoms with van der Waals surface area (Å²) in [5.74, 6) is -0.0967. The summed E-state index contributed by atoms with van der Waals surface area (Å²) in [6.45, 7) is 5.34. The number of methoxy groups -OCH3 is 1. The van der Waals surface area contributed by atoms with Crippen molar-refractivity contribution >= 4 is 11.6 Å². The summed E-state index contributed by atoms with van der Waals surface area (Å²) in [6, 6.07) is 12.6.